The summed E-state index contributed by atoms with van der Waals surface area (Å²) in [5, 5.41) is 12.8. The predicted octanol–water partition coefficient (Wildman–Crippen LogP) is 3.42. The van der Waals surface area contributed by atoms with Gasteiger partial charge in [-0.15, -0.1) is 6.58 Å². The van der Waals surface area contributed by atoms with E-state index in [4.69, 9.17) is 11.1 Å². The van der Waals surface area contributed by atoms with Crippen LogP contribution in [0.3, 0.4) is 0 Å². The molecule has 1 aromatic rings. The van der Waals surface area contributed by atoms with Gasteiger partial charge in [-0.2, -0.15) is 18.3 Å². The van der Waals surface area contributed by atoms with Gasteiger partial charge in [-0.1, -0.05) is 24.3 Å². The number of aliphatic imine (C=N–C) groups is 1. The molecule has 0 unspecified atom stereocenters. The number of hydrogen-bond acceptors (Lipinski definition) is 3. The van der Waals surface area contributed by atoms with Crippen LogP contribution < -0.4 is 5.73 Å². The van der Waals surface area contributed by atoms with E-state index in [0.29, 0.717) is 11.5 Å². The average molecular weight is 339 g/mol. The number of allylic oxidation sites excluding steroid dienone is 1. The second-order valence-corrected chi connectivity index (χ2v) is 4.90. The third-order valence-electron chi connectivity index (χ3n) is 3.08. The normalized spacial score (nSPS) is 15.6. The number of nitrogens with two attached hydrogens (primary N) is 1. The van der Waals surface area contributed by atoms with E-state index in [1.165, 1.54) is 24.2 Å². The molecule has 0 radical (unpaired) electrons. The number of nitrogens with one attached hydrogen (secondary N) is 1. The van der Waals surface area contributed by atoms with Crippen LogP contribution in [0.25, 0.3) is 0 Å². The number of amidine groups is 2. The number of halogens is 3. The molecule has 0 aromatic heterocycles. The van der Waals surface area contributed by atoms with Gasteiger partial charge in [0, 0.05) is 7.05 Å². The van der Waals surface area contributed by atoms with Crippen molar-refractivity contribution in [3.8, 4) is 0 Å². The van der Waals surface area contributed by atoms with E-state index in [9.17, 15) is 13.2 Å². The van der Waals surface area contributed by atoms with Gasteiger partial charge in [0.1, 0.15) is 17.4 Å². The van der Waals surface area contributed by atoms with Gasteiger partial charge in [0.25, 0.3) is 0 Å². The highest BCUT2D eigenvalue weighted by atomic mass is 19.4. The molecule has 0 saturated carbocycles. The minimum atomic E-state index is -4.42. The average Bonchev–Trinajstić information content (AvgIpc) is 2.91. The highest BCUT2D eigenvalue weighted by Gasteiger charge is 2.34. The minimum Gasteiger partial charge on any atom is -0.383 e. The Balaban J connectivity index is 0.000000891. The Labute approximate surface area is 138 Å². The Hall–Kier alpha value is -2.64. The van der Waals surface area contributed by atoms with Gasteiger partial charge in [0.15, 0.2) is 0 Å². The SMILES string of the molecule is C=CC.CN=C1CC(C(=N)N)=NN1Cc1ccccc1C(F)(F)F. The summed E-state index contributed by atoms with van der Waals surface area (Å²) in [6, 6.07) is 5.32. The molecule has 1 aliphatic rings. The minimum absolute atomic E-state index is 0.0703. The van der Waals surface area contributed by atoms with Crippen LogP contribution in [-0.4, -0.2) is 29.4 Å². The molecule has 5 nitrogen and oxygen atoms in total. The van der Waals surface area contributed by atoms with Gasteiger partial charge in [-0.25, -0.2) is 5.01 Å². The molecule has 0 saturated heterocycles. The monoisotopic (exact) mass is 339 g/mol. The van der Waals surface area contributed by atoms with Crippen molar-refractivity contribution < 1.29 is 13.2 Å². The molecule has 0 amide bonds. The first-order chi connectivity index (χ1) is 11.2. The predicted molar refractivity (Wildman–Crippen MR) is 90.2 cm³/mol. The molecule has 1 aromatic carbocycles. The van der Waals surface area contributed by atoms with Gasteiger partial charge < -0.3 is 5.73 Å². The van der Waals surface area contributed by atoms with E-state index in [0.717, 1.165) is 6.07 Å². The number of alkyl halides is 3. The lowest BCUT2D eigenvalue weighted by Crippen LogP contribution is -2.23. The van der Waals surface area contributed by atoms with Gasteiger partial charge in [0.2, 0.25) is 0 Å². The molecule has 24 heavy (non-hydrogen) atoms. The number of hydrazone groups is 1. The molecule has 0 aliphatic carbocycles. The Morgan fingerprint density at radius 2 is 2.04 bits per heavy atom. The van der Waals surface area contributed by atoms with Crippen LogP contribution in [0.4, 0.5) is 13.2 Å². The van der Waals surface area contributed by atoms with Gasteiger partial charge in [-0.05, 0) is 18.6 Å². The number of benzene rings is 1. The van der Waals surface area contributed by atoms with Gasteiger partial charge in [0.05, 0.1) is 18.5 Å². The Bertz CT molecular complexity index is 662. The van der Waals surface area contributed by atoms with Crippen molar-refractivity contribution in [1.82, 2.24) is 5.01 Å². The lowest BCUT2D eigenvalue weighted by atomic mass is 10.1. The van der Waals surface area contributed by atoms with Crippen molar-refractivity contribution in [2.75, 3.05) is 7.05 Å². The lowest BCUT2D eigenvalue weighted by Gasteiger charge is -2.18. The third kappa shape index (κ3) is 4.94. The quantitative estimate of drug-likeness (QED) is 0.503. The molecule has 2 rings (SSSR count). The van der Waals surface area contributed by atoms with E-state index in [1.807, 2.05) is 6.92 Å². The fraction of sp³-hybridized carbons (Fsp3) is 0.312. The molecular weight excluding hydrogens is 319 g/mol. The summed E-state index contributed by atoms with van der Waals surface area (Å²) in [6.45, 7) is 5.18. The maximum Gasteiger partial charge on any atom is 0.416 e. The van der Waals surface area contributed by atoms with E-state index >= 15 is 0 Å². The summed E-state index contributed by atoms with van der Waals surface area (Å²) < 4.78 is 38.9. The summed E-state index contributed by atoms with van der Waals surface area (Å²) in [5.74, 6) is 0.278. The van der Waals surface area contributed by atoms with Crippen LogP contribution in [0, 0.1) is 5.41 Å². The van der Waals surface area contributed by atoms with Crippen molar-refractivity contribution in [3.63, 3.8) is 0 Å². The van der Waals surface area contributed by atoms with Crippen LogP contribution in [0.15, 0.2) is 47.0 Å². The van der Waals surface area contributed by atoms with Crippen LogP contribution >= 0.6 is 0 Å². The molecule has 3 N–H and O–H groups in total. The maximum absolute atomic E-state index is 13.0. The third-order valence-corrected chi connectivity index (χ3v) is 3.08. The van der Waals surface area contributed by atoms with E-state index in [1.54, 1.807) is 12.1 Å². The molecule has 1 heterocycles. The molecular formula is C16H20F3N5. The topological polar surface area (TPSA) is 77.8 Å². The second kappa shape index (κ2) is 8.28. The summed E-state index contributed by atoms with van der Waals surface area (Å²) in [7, 11) is 1.52. The maximum atomic E-state index is 13.0. The first-order valence-electron chi connectivity index (χ1n) is 7.11. The van der Waals surface area contributed by atoms with Crippen molar-refractivity contribution in [2.45, 2.75) is 26.1 Å². The number of hydrogen-bond donors (Lipinski definition) is 2. The van der Waals surface area contributed by atoms with Crippen LogP contribution in [0.1, 0.15) is 24.5 Å². The molecule has 0 fully saturated rings. The number of rotatable bonds is 3. The van der Waals surface area contributed by atoms with E-state index < -0.39 is 11.7 Å². The standard InChI is InChI=1S/C13H14F3N5.C3H6/c1-19-11-6-10(12(17)18)20-21(11)7-8-4-2-3-5-9(8)13(14,15)16;1-3-2/h2-5H,6-7H2,1H3,(H3,17,18);3H,1H2,2H3. The molecule has 1 aliphatic heterocycles. The van der Waals surface area contributed by atoms with Crippen LogP contribution in [0.5, 0.6) is 0 Å². The Morgan fingerprint density at radius 3 is 2.54 bits per heavy atom. The van der Waals surface area contributed by atoms with E-state index in [2.05, 4.69) is 16.7 Å². The Morgan fingerprint density at radius 1 is 1.46 bits per heavy atom. The van der Waals surface area contributed by atoms with Gasteiger partial charge >= 0.3 is 6.18 Å². The molecule has 130 valence electrons. The largest absolute Gasteiger partial charge is 0.416 e. The zero-order valence-corrected chi connectivity index (χ0v) is 13.6. The summed E-state index contributed by atoms with van der Waals surface area (Å²) in [4.78, 5) is 3.98. The van der Waals surface area contributed by atoms with Crippen molar-refractivity contribution in [1.29, 1.82) is 5.41 Å². The zero-order chi connectivity index (χ0) is 18.3. The van der Waals surface area contributed by atoms with Gasteiger partial charge in [-0.3, -0.25) is 10.4 Å². The lowest BCUT2D eigenvalue weighted by molar-refractivity contribution is -0.138. The fourth-order valence-electron chi connectivity index (χ4n) is 2.05. The second-order valence-electron chi connectivity index (χ2n) is 4.90. The molecule has 8 heteroatoms. The highest BCUT2D eigenvalue weighted by molar-refractivity contribution is 6.44. The summed E-state index contributed by atoms with van der Waals surface area (Å²) >= 11 is 0. The highest BCUT2D eigenvalue weighted by Crippen LogP contribution is 2.32. The first-order valence-corrected chi connectivity index (χ1v) is 7.11. The smallest absolute Gasteiger partial charge is 0.383 e. The molecule has 0 atom stereocenters. The fourth-order valence-corrected chi connectivity index (χ4v) is 2.05. The van der Waals surface area contributed by atoms with Crippen LogP contribution in [0.2, 0.25) is 0 Å². The molecule has 0 bridgehead atoms. The van der Waals surface area contributed by atoms with Crippen molar-refractivity contribution >= 4 is 17.4 Å². The van der Waals surface area contributed by atoms with Crippen LogP contribution in [-0.2, 0) is 12.7 Å². The summed E-state index contributed by atoms with van der Waals surface area (Å²) in [6.07, 6.45) is -2.42. The first kappa shape index (κ1) is 19.4. The van der Waals surface area contributed by atoms with Crippen molar-refractivity contribution in [2.24, 2.45) is 15.8 Å². The zero-order valence-electron chi connectivity index (χ0n) is 13.6. The Kier molecular flexibility index (Phi) is 6.69. The summed E-state index contributed by atoms with van der Waals surface area (Å²) in [5.41, 5.74) is 5.06. The molecule has 0 spiro atoms. The van der Waals surface area contributed by atoms with E-state index in [-0.39, 0.29) is 24.4 Å². The number of nitrogens with zero attached hydrogens (tertiary/aromatic N) is 3. The van der Waals surface area contributed by atoms with Crippen molar-refractivity contribution in [3.05, 3.63) is 48.0 Å².